The lowest BCUT2D eigenvalue weighted by Gasteiger charge is -2.23. The molecule has 0 aliphatic carbocycles. The molecule has 0 atom stereocenters. The van der Waals surface area contributed by atoms with Crippen molar-refractivity contribution in [2.75, 3.05) is 103 Å². The fraction of sp³-hybridized carbons (Fsp3) is 0.552. The molecule has 2 aliphatic heterocycles. The summed E-state index contributed by atoms with van der Waals surface area (Å²) >= 11 is 0. The molecule has 4 aromatic carbocycles. The number of nitrogens with zero attached hydrogens (tertiary/aromatic N) is 12. The van der Waals surface area contributed by atoms with Gasteiger partial charge in [-0.3, -0.25) is 27.2 Å². The minimum Gasteiger partial charge on any atom is -0.491 e. The van der Waals surface area contributed by atoms with Crippen molar-refractivity contribution in [2.24, 2.45) is 33.7 Å². The van der Waals surface area contributed by atoms with Crippen LogP contribution in [0.5, 0.6) is 17.2 Å². The topological polar surface area (TPSA) is 263 Å². The summed E-state index contributed by atoms with van der Waals surface area (Å²) in [7, 11) is -6.88. The van der Waals surface area contributed by atoms with Gasteiger partial charge < -0.3 is 14.2 Å². The predicted molar refractivity (Wildman–Crippen MR) is 381 cm³/mol. The number of anilines is 4. The molecule has 4 heterocycles. The lowest BCUT2D eigenvalue weighted by atomic mass is 9.93. The zero-order valence-corrected chi connectivity index (χ0v) is 61.3. The summed E-state index contributed by atoms with van der Waals surface area (Å²) in [6, 6.07) is 22.6. The molecule has 0 saturated heterocycles. The minimum atomic E-state index is -3.33. The van der Waals surface area contributed by atoms with Gasteiger partial charge in [-0.15, -0.1) is 5.10 Å². The Bertz CT molecular complexity index is 3630. The van der Waals surface area contributed by atoms with Crippen LogP contribution in [0.15, 0.2) is 108 Å². The highest BCUT2D eigenvalue weighted by molar-refractivity contribution is 7.92. The maximum absolute atomic E-state index is 12.0. The first kappa shape index (κ1) is 77.6. The van der Waals surface area contributed by atoms with Gasteiger partial charge in [0.15, 0.2) is 0 Å². The average Bonchev–Trinajstić information content (AvgIpc) is 1.12. The van der Waals surface area contributed by atoms with E-state index >= 15 is 0 Å². The number of rotatable bonds is 30. The third-order valence-electron chi connectivity index (χ3n) is 15.4. The molecule has 0 bridgehead atoms. The van der Waals surface area contributed by atoms with E-state index in [1.54, 1.807) is 68.5 Å². The van der Waals surface area contributed by atoms with Gasteiger partial charge in [0.25, 0.3) is 0 Å². The third-order valence-corrected chi connectivity index (χ3v) is 20.2. The standard InChI is InChI=1S/C18H28N2O2S.C17H26N2O3S.2C16H24N4O3S/c1-14(2)13-17-15(10-11-16-8-6-12-19-16)7-5-9-18(17)20(3)23(4,21)22;1-13(2)11-15-16(19(3)23(4,20)21)8-5-9-17(15)22-12-14-7-6-10-18-14;1-13(2)12-14-15(19(3)24(4,21)22)6-5-7-16(14)23-11-10-20-9-8-17-18-20;1-13(2)12-14-15(19(3)24(4,21)22)6-5-7-16(14)23-11-10-20-17-8-9-18-20/h5,7,9,14H,6,8,10-13H2,1-4H3;5,8-9,13H,6-7,10-12H2,1-4H3;2*5-9,13H,10-12H2,1-4H3. The second-order valence-corrected chi connectivity index (χ2v) is 33.4. The maximum atomic E-state index is 12.0. The lowest BCUT2D eigenvalue weighted by Crippen LogP contribution is -2.26. The highest BCUT2D eigenvalue weighted by atomic mass is 32.2. The van der Waals surface area contributed by atoms with Crippen LogP contribution in [0.4, 0.5) is 22.7 Å². The summed E-state index contributed by atoms with van der Waals surface area (Å²) < 4.78 is 120. The molecule has 0 N–H and O–H groups in total. The Balaban J connectivity index is 0.000000227. The van der Waals surface area contributed by atoms with Gasteiger partial charge >= 0.3 is 0 Å². The molecule has 27 heteroatoms. The van der Waals surface area contributed by atoms with Gasteiger partial charge in [0.1, 0.15) is 37.1 Å². The molecule has 0 unspecified atom stereocenters. The zero-order valence-electron chi connectivity index (χ0n) is 58.1. The lowest BCUT2D eigenvalue weighted by molar-refractivity contribution is 0.278. The molecule has 0 spiro atoms. The van der Waals surface area contributed by atoms with E-state index in [-0.39, 0.29) is 0 Å². The normalized spacial score (nSPS) is 13.3. The molecular weight excluding hydrogens is 1280 g/mol. The van der Waals surface area contributed by atoms with Gasteiger partial charge in [-0.1, -0.05) is 90.9 Å². The number of hydrogen-bond donors (Lipinski definition) is 0. The second kappa shape index (κ2) is 36.1. The van der Waals surface area contributed by atoms with Gasteiger partial charge in [-0.2, -0.15) is 15.0 Å². The van der Waals surface area contributed by atoms with E-state index in [0.717, 1.165) is 110 Å². The average molecular weight is 1380 g/mol. The van der Waals surface area contributed by atoms with Crippen molar-refractivity contribution in [2.45, 2.75) is 133 Å². The molecule has 94 heavy (non-hydrogen) atoms. The van der Waals surface area contributed by atoms with E-state index in [0.29, 0.717) is 85.1 Å². The second-order valence-electron chi connectivity index (χ2n) is 25.4. The predicted octanol–water partition coefficient (Wildman–Crippen LogP) is 10.2. The number of hydrogen-bond acceptors (Lipinski definition) is 17. The van der Waals surface area contributed by atoms with Crippen LogP contribution in [0.3, 0.4) is 0 Å². The van der Waals surface area contributed by atoms with E-state index in [4.69, 9.17) is 14.2 Å². The van der Waals surface area contributed by atoms with Gasteiger partial charge in [-0.25, -0.2) is 38.4 Å². The van der Waals surface area contributed by atoms with Crippen LogP contribution in [0.1, 0.15) is 115 Å². The van der Waals surface area contributed by atoms with Crippen LogP contribution in [0, 0.1) is 23.7 Å². The van der Waals surface area contributed by atoms with E-state index < -0.39 is 40.1 Å². The smallest absolute Gasteiger partial charge is 0.232 e. The molecule has 0 amide bonds. The molecule has 2 aliphatic rings. The van der Waals surface area contributed by atoms with Crippen molar-refractivity contribution in [1.29, 1.82) is 0 Å². The van der Waals surface area contributed by atoms with Crippen LogP contribution >= 0.6 is 0 Å². The number of aliphatic imine (C=N–C) groups is 2. The molecule has 0 saturated carbocycles. The summed E-state index contributed by atoms with van der Waals surface area (Å²) in [5.41, 5.74) is 10.4. The number of benzene rings is 4. The quantitative estimate of drug-likeness (QED) is 0.0406. The monoisotopic (exact) mass is 1380 g/mol. The Labute approximate surface area is 561 Å². The first-order chi connectivity index (χ1) is 44.1. The molecule has 2 aromatic heterocycles. The van der Waals surface area contributed by atoms with Gasteiger partial charge in [0.05, 0.1) is 79.5 Å². The Morgan fingerprint density at radius 1 is 0.457 bits per heavy atom. The van der Waals surface area contributed by atoms with Gasteiger partial charge in [-0.05, 0) is 141 Å². The number of ether oxygens (including phenoxy) is 3. The Morgan fingerprint density at radius 3 is 1.20 bits per heavy atom. The number of aryl methyl sites for hydroxylation is 1. The zero-order chi connectivity index (χ0) is 69.6. The van der Waals surface area contributed by atoms with Crippen LogP contribution in [-0.2, 0) is 85.3 Å². The molecule has 0 radical (unpaired) electrons. The van der Waals surface area contributed by atoms with E-state index in [2.05, 4.69) is 92.0 Å². The number of sulfonamides is 4. The molecule has 520 valence electrons. The summed E-state index contributed by atoms with van der Waals surface area (Å²) in [6.45, 7) is 21.2. The summed E-state index contributed by atoms with van der Waals surface area (Å²) in [5, 5.41) is 15.7. The van der Waals surface area contributed by atoms with Crippen LogP contribution in [-0.4, -0.2) is 161 Å². The first-order valence-corrected chi connectivity index (χ1v) is 39.4. The Hall–Kier alpha value is -7.10. The SMILES string of the molecule is CC(C)Cc1c(CCC2=NCCC2)cccc1N(C)S(C)(=O)=O.CC(C)Cc1c(OCC2=NCCC2)cccc1N(C)S(C)(=O)=O.CC(C)Cc1c(OCCn2ccnn2)cccc1N(C)S(C)(=O)=O.CC(C)Cc1c(OCCn2nccn2)cccc1N(C)S(C)(=O)=O. The Morgan fingerprint density at radius 2 is 0.830 bits per heavy atom. The number of aromatic nitrogens is 6. The van der Waals surface area contributed by atoms with E-state index in [1.165, 1.54) is 59.9 Å². The highest BCUT2D eigenvalue weighted by Gasteiger charge is 2.25. The third kappa shape index (κ3) is 24.9. The molecular formula is C67H102N12O11S4. The molecule has 0 fully saturated rings. The van der Waals surface area contributed by atoms with Crippen molar-refractivity contribution in [3.05, 3.63) is 125 Å². The van der Waals surface area contributed by atoms with E-state index in [9.17, 15) is 33.7 Å². The molecule has 6 aromatic rings. The Kier molecular flexibility index (Phi) is 29.8. The van der Waals surface area contributed by atoms with Crippen molar-refractivity contribution in [1.82, 2.24) is 30.0 Å². The minimum absolute atomic E-state index is 0.370. The van der Waals surface area contributed by atoms with Crippen molar-refractivity contribution in [3.63, 3.8) is 0 Å². The van der Waals surface area contributed by atoms with Crippen molar-refractivity contribution in [3.8, 4) is 17.2 Å². The maximum Gasteiger partial charge on any atom is 0.232 e. The van der Waals surface area contributed by atoms with E-state index in [1.807, 2.05) is 60.7 Å². The molecule has 23 nitrogen and oxygen atoms in total. The van der Waals surface area contributed by atoms with Gasteiger partial charge in [0, 0.05) is 75.6 Å². The van der Waals surface area contributed by atoms with Crippen LogP contribution in [0.25, 0.3) is 0 Å². The van der Waals surface area contributed by atoms with Crippen molar-refractivity contribution < 1.29 is 47.9 Å². The highest BCUT2D eigenvalue weighted by Crippen LogP contribution is 2.36. The van der Waals surface area contributed by atoms with Crippen LogP contribution < -0.4 is 31.4 Å². The van der Waals surface area contributed by atoms with Crippen molar-refractivity contribution >= 4 is 74.3 Å². The van der Waals surface area contributed by atoms with Gasteiger partial charge in [0.2, 0.25) is 40.1 Å². The summed E-state index contributed by atoms with van der Waals surface area (Å²) in [6.07, 6.45) is 20.9. The fourth-order valence-electron chi connectivity index (χ4n) is 10.5. The van der Waals surface area contributed by atoms with Crippen LogP contribution in [0.2, 0.25) is 0 Å². The largest absolute Gasteiger partial charge is 0.491 e. The summed E-state index contributed by atoms with van der Waals surface area (Å²) in [5.74, 6) is 3.77. The first-order valence-electron chi connectivity index (χ1n) is 32.0. The fourth-order valence-corrected chi connectivity index (χ4v) is 12.6. The molecule has 8 rings (SSSR count). The summed E-state index contributed by atoms with van der Waals surface area (Å²) in [4.78, 5) is 10.5.